The first-order chi connectivity index (χ1) is 12.3. The highest BCUT2D eigenvalue weighted by molar-refractivity contribution is 7.22. The second-order valence-electron chi connectivity index (χ2n) is 6.76. The van der Waals surface area contributed by atoms with Gasteiger partial charge in [0.2, 0.25) is 0 Å². The number of aromatic nitrogens is 3. The van der Waals surface area contributed by atoms with E-state index in [1.807, 2.05) is 30.1 Å². The van der Waals surface area contributed by atoms with Crippen LogP contribution in [0.5, 0.6) is 0 Å². The van der Waals surface area contributed by atoms with Crippen LogP contribution in [-0.4, -0.2) is 39.7 Å². The summed E-state index contributed by atoms with van der Waals surface area (Å²) in [6.45, 7) is 5.41. The van der Waals surface area contributed by atoms with Gasteiger partial charge in [-0.25, -0.2) is 9.97 Å². The zero-order chi connectivity index (χ0) is 17.1. The van der Waals surface area contributed by atoms with E-state index in [4.69, 9.17) is 4.98 Å². The number of rotatable bonds is 6. The highest BCUT2D eigenvalue weighted by atomic mass is 32.1. The van der Waals surface area contributed by atoms with Gasteiger partial charge in [0, 0.05) is 44.1 Å². The third kappa shape index (κ3) is 3.85. The highest BCUT2D eigenvalue weighted by Crippen LogP contribution is 2.30. The van der Waals surface area contributed by atoms with Gasteiger partial charge in [0.15, 0.2) is 5.13 Å². The molecule has 4 rings (SSSR count). The Morgan fingerprint density at radius 1 is 1.28 bits per heavy atom. The number of nitrogens with zero attached hydrogens (tertiary/aromatic N) is 4. The number of piperidine rings is 1. The summed E-state index contributed by atoms with van der Waals surface area (Å²) in [6, 6.07) is 9.52. The Hall–Kier alpha value is -1.92. The predicted molar refractivity (Wildman–Crippen MR) is 104 cm³/mol. The van der Waals surface area contributed by atoms with E-state index >= 15 is 0 Å². The summed E-state index contributed by atoms with van der Waals surface area (Å²) >= 11 is 1.81. The van der Waals surface area contributed by atoms with Crippen molar-refractivity contribution in [3.05, 3.63) is 43.0 Å². The first-order valence-electron chi connectivity index (χ1n) is 9.14. The fraction of sp³-hybridized carbons (Fsp3) is 0.474. The van der Waals surface area contributed by atoms with Gasteiger partial charge < -0.3 is 14.8 Å². The maximum Gasteiger partial charge on any atom is 0.186 e. The molecule has 0 bridgehead atoms. The van der Waals surface area contributed by atoms with Crippen molar-refractivity contribution in [2.75, 3.05) is 18.0 Å². The topological polar surface area (TPSA) is 46.0 Å². The lowest BCUT2D eigenvalue weighted by atomic mass is 10.0. The van der Waals surface area contributed by atoms with E-state index in [9.17, 15) is 0 Å². The van der Waals surface area contributed by atoms with Gasteiger partial charge in [-0.3, -0.25) is 0 Å². The van der Waals surface area contributed by atoms with Gasteiger partial charge in [-0.1, -0.05) is 30.4 Å². The minimum absolute atomic E-state index is 0.508. The summed E-state index contributed by atoms with van der Waals surface area (Å²) < 4.78 is 3.45. The van der Waals surface area contributed by atoms with Crippen molar-refractivity contribution in [3.8, 4) is 0 Å². The molecular formula is C19H25N5S. The Kier molecular flexibility index (Phi) is 4.99. The molecule has 1 saturated heterocycles. The first kappa shape index (κ1) is 16.5. The Balaban J connectivity index is 1.33. The molecule has 0 aliphatic carbocycles. The van der Waals surface area contributed by atoms with Crippen molar-refractivity contribution < 1.29 is 0 Å². The van der Waals surface area contributed by atoms with Crippen LogP contribution in [0.25, 0.3) is 10.2 Å². The summed E-state index contributed by atoms with van der Waals surface area (Å²) in [5.41, 5.74) is 1.12. The van der Waals surface area contributed by atoms with Crippen molar-refractivity contribution in [1.82, 2.24) is 19.9 Å². The van der Waals surface area contributed by atoms with E-state index in [1.54, 1.807) is 0 Å². The minimum atomic E-state index is 0.508. The van der Waals surface area contributed by atoms with Crippen molar-refractivity contribution in [2.45, 2.75) is 44.8 Å². The maximum atomic E-state index is 4.80. The molecule has 0 radical (unpaired) electrons. The Morgan fingerprint density at radius 3 is 2.84 bits per heavy atom. The Morgan fingerprint density at radius 2 is 2.12 bits per heavy atom. The molecule has 1 aromatic carbocycles. The molecule has 0 spiro atoms. The average molecular weight is 356 g/mol. The van der Waals surface area contributed by atoms with Gasteiger partial charge in [-0.05, 0) is 31.4 Å². The maximum absolute atomic E-state index is 4.80. The summed E-state index contributed by atoms with van der Waals surface area (Å²) in [4.78, 5) is 11.4. The molecule has 3 heterocycles. The summed E-state index contributed by atoms with van der Waals surface area (Å²) in [5, 5.41) is 5.02. The molecule has 1 aliphatic heterocycles. The molecule has 5 nitrogen and oxygen atoms in total. The standard InChI is InChI=1S/C19H25N5S/c1-2-15(13-23-12-9-20-14-23)21-16-7-10-24(11-8-16)19-22-17-5-3-4-6-18(17)25-19/h3-6,9,12,14-16,21H,2,7-8,10-11,13H2,1H3/t15-/m1/s1. The van der Waals surface area contributed by atoms with Gasteiger partial charge in [-0.15, -0.1) is 0 Å². The largest absolute Gasteiger partial charge is 0.348 e. The lowest BCUT2D eigenvalue weighted by Gasteiger charge is -2.34. The molecule has 132 valence electrons. The van der Waals surface area contributed by atoms with Crippen LogP contribution in [0.2, 0.25) is 0 Å². The zero-order valence-electron chi connectivity index (χ0n) is 14.6. The lowest BCUT2D eigenvalue weighted by molar-refractivity contribution is 0.336. The summed E-state index contributed by atoms with van der Waals surface area (Å²) in [5.74, 6) is 0. The van der Waals surface area contributed by atoms with Crippen molar-refractivity contribution >= 4 is 26.7 Å². The quantitative estimate of drug-likeness (QED) is 0.735. The van der Waals surface area contributed by atoms with E-state index < -0.39 is 0 Å². The molecule has 3 aromatic rings. The van der Waals surface area contributed by atoms with E-state index in [-0.39, 0.29) is 0 Å². The van der Waals surface area contributed by atoms with Crippen LogP contribution in [0.4, 0.5) is 5.13 Å². The lowest BCUT2D eigenvalue weighted by Crippen LogP contribution is -2.47. The number of anilines is 1. The van der Waals surface area contributed by atoms with Crippen LogP contribution in [0, 0.1) is 0 Å². The first-order valence-corrected chi connectivity index (χ1v) is 9.96. The molecule has 1 N–H and O–H groups in total. The number of imidazole rings is 1. The van der Waals surface area contributed by atoms with E-state index in [0.717, 1.165) is 31.6 Å². The minimum Gasteiger partial charge on any atom is -0.348 e. The smallest absolute Gasteiger partial charge is 0.186 e. The van der Waals surface area contributed by atoms with Gasteiger partial charge >= 0.3 is 0 Å². The molecule has 2 aromatic heterocycles. The van der Waals surface area contributed by atoms with Crippen molar-refractivity contribution in [3.63, 3.8) is 0 Å². The number of thiazole rings is 1. The molecule has 1 aliphatic rings. The number of nitrogens with one attached hydrogen (secondary N) is 1. The van der Waals surface area contributed by atoms with Gasteiger partial charge in [0.1, 0.15) is 0 Å². The van der Waals surface area contributed by atoms with Gasteiger partial charge in [-0.2, -0.15) is 0 Å². The Bertz CT molecular complexity index is 756. The highest BCUT2D eigenvalue weighted by Gasteiger charge is 2.23. The van der Waals surface area contributed by atoms with Crippen molar-refractivity contribution in [1.29, 1.82) is 0 Å². The fourth-order valence-electron chi connectivity index (χ4n) is 3.51. The normalized spacial score (nSPS) is 17.2. The second kappa shape index (κ2) is 7.54. The average Bonchev–Trinajstić information content (AvgIpc) is 3.31. The SMILES string of the molecule is CC[C@H](Cn1ccnc1)NC1CCN(c2nc3ccccc3s2)CC1. The summed E-state index contributed by atoms with van der Waals surface area (Å²) in [6.07, 6.45) is 9.28. The molecule has 6 heteroatoms. The molecule has 0 unspecified atom stereocenters. The van der Waals surface area contributed by atoms with E-state index in [1.165, 1.54) is 22.7 Å². The van der Waals surface area contributed by atoms with Crippen LogP contribution in [0.1, 0.15) is 26.2 Å². The van der Waals surface area contributed by atoms with Crippen LogP contribution in [0.3, 0.4) is 0 Å². The number of para-hydroxylation sites is 1. The molecule has 0 saturated carbocycles. The number of fused-ring (bicyclic) bond motifs is 1. The molecular weight excluding hydrogens is 330 g/mol. The number of hydrogen-bond donors (Lipinski definition) is 1. The molecule has 1 fully saturated rings. The van der Waals surface area contributed by atoms with Gasteiger partial charge in [0.25, 0.3) is 0 Å². The number of hydrogen-bond acceptors (Lipinski definition) is 5. The van der Waals surface area contributed by atoms with Crippen LogP contribution < -0.4 is 10.2 Å². The van der Waals surface area contributed by atoms with Crippen LogP contribution in [0.15, 0.2) is 43.0 Å². The summed E-state index contributed by atoms with van der Waals surface area (Å²) in [7, 11) is 0. The van der Waals surface area contributed by atoms with Crippen molar-refractivity contribution in [2.24, 2.45) is 0 Å². The molecule has 25 heavy (non-hydrogen) atoms. The second-order valence-corrected chi connectivity index (χ2v) is 7.77. The van der Waals surface area contributed by atoms with Crippen LogP contribution >= 0.6 is 11.3 Å². The molecule has 1 atom stereocenters. The predicted octanol–water partition coefficient (Wildman–Crippen LogP) is 3.53. The number of benzene rings is 1. The molecule has 0 amide bonds. The third-order valence-electron chi connectivity index (χ3n) is 5.00. The van der Waals surface area contributed by atoms with E-state index in [2.05, 4.69) is 51.0 Å². The monoisotopic (exact) mass is 355 g/mol. The van der Waals surface area contributed by atoms with E-state index in [0.29, 0.717) is 12.1 Å². The zero-order valence-corrected chi connectivity index (χ0v) is 15.5. The third-order valence-corrected chi connectivity index (χ3v) is 6.10. The Labute approximate surface area is 152 Å². The van der Waals surface area contributed by atoms with Crippen LogP contribution in [-0.2, 0) is 6.54 Å². The van der Waals surface area contributed by atoms with Gasteiger partial charge in [0.05, 0.1) is 16.5 Å². The fourth-order valence-corrected chi connectivity index (χ4v) is 4.53.